The van der Waals surface area contributed by atoms with Gasteiger partial charge in [-0.15, -0.1) is 11.3 Å². The minimum absolute atomic E-state index is 0.00221. The highest BCUT2D eigenvalue weighted by molar-refractivity contribution is 7.17. The maximum atomic E-state index is 13.4. The van der Waals surface area contributed by atoms with E-state index in [4.69, 9.17) is 11.6 Å². The van der Waals surface area contributed by atoms with Crippen LogP contribution in [0.25, 0.3) is 21.3 Å². The molecule has 0 bridgehead atoms. The fraction of sp³-hybridized carbons (Fsp3) is 0.0526. The normalized spacial score (nSPS) is 11.2. The second-order valence-electron chi connectivity index (χ2n) is 5.81. The van der Waals surface area contributed by atoms with E-state index in [0.717, 1.165) is 15.7 Å². The van der Waals surface area contributed by atoms with Gasteiger partial charge in [-0.25, -0.2) is 9.18 Å². The number of nitrogens with zero attached hydrogens (tertiary/aromatic N) is 1. The number of aromatic nitrogens is 2. The first-order chi connectivity index (χ1) is 12.5. The number of benzene rings is 2. The van der Waals surface area contributed by atoms with Crippen LogP contribution in [0.1, 0.15) is 5.56 Å². The molecule has 0 fully saturated rings. The average molecular weight is 387 g/mol. The summed E-state index contributed by atoms with van der Waals surface area (Å²) < 4.78 is 14.5. The SMILES string of the molecule is O=c1[nH]c2scc(-c3ccc(Cl)cc3)c2c(=O)n1Cc1cccc(F)c1. The van der Waals surface area contributed by atoms with Gasteiger partial charge in [0.1, 0.15) is 10.6 Å². The molecule has 4 nitrogen and oxygen atoms in total. The molecule has 0 unspecified atom stereocenters. The molecule has 26 heavy (non-hydrogen) atoms. The summed E-state index contributed by atoms with van der Waals surface area (Å²) in [5.41, 5.74) is 1.19. The summed E-state index contributed by atoms with van der Waals surface area (Å²) >= 11 is 7.23. The molecule has 0 radical (unpaired) electrons. The minimum Gasteiger partial charge on any atom is -0.298 e. The van der Waals surface area contributed by atoms with Crippen LogP contribution < -0.4 is 11.2 Å². The lowest BCUT2D eigenvalue weighted by atomic mass is 10.1. The maximum Gasteiger partial charge on any atom is 0.329 e. The van der Waals surface area contributed by atoms with Crippen LogP contribution in [0.4, 0.5) is 4.39 Å². The van der Waals surface area contributed by atoms with Crippen molar-refractivity contribution in [1.29, 1.82) is 0 Å². The molecule has 4 aromatic rings. The number of aromatic amines is 1. The number of rotatable bonds is 3. The Bertz CT molecular complexity index is 1220. The number of nitrogens with one attached hydrogen (secondary N) is 1. The third kappa shape index (κ3) is 2.98. The number of halogens is 2. The summed E-state index contributed by atoms with van der Waals surface area (Å²) in [6.07, 6.45) is 0. The smallest absolute Gasteiger partial charge is 0.298 e. The van der Waals surface area contributed by atoms with Gasteiger partial charge in [-0.1, -0.05) is 35.9 Å². The Morgan fingerprint density at radius 3 is 2.62 bits per heavy atom. The van der Waals surface area contributed by atoms with Gasteiger partial charge < -0.3 is 0 Å². The van der Waals surface area contributed by atoms with Crippen molar-refractivity contribution in [3.05, 3.63) is 91.2 Å². The Kier molecular flexibility index (Phi) is 4.22. The number of hydrogen-bond acceptors (Lipinski definition) is 3. The minimum atomic E-state index is -0.517. The van der Waals surface area contributed by atoms with E-state index in [1.807, 2.05) is 17.5 Å². The van der Waals surface area contributed by atoms with Gasteiger partial charge in [0, 0.05) is 16.0 Å². The molecule has 0 spiro atoms. The molecule has 4 rings (SSSR count). The Labute approximate surface area is 156 Å². The predicted molar refractivity (Wildman–Crippen MR) is 103 cm³/mol. The van der Waals surface area contributed by atoms with Gasteiger partial charge in [0.05, 0.1) is 11.9 Å². The van der Waals surface area contributed by atoms with E-state index in [9.17, 15) is 14.0 Å². The maximum absolute atomic E-state index is 13.4. The highest BCUT2D eigenvalue weighted by Crippen LogP contribution is 2.30. The highest BCUT2D eigenvalue weighted by Gasteiger charge is 2.15. The molecule has 2 aromatic carbocycles. The van der Waals surface area contributed by atoms with Gasteiger partial charge in [0.2, 0.25) is 0 Å². The molecule has 130 valence electrons. The molecule has 7 heteroatoms. The van der Waals surface area contributed by atoms with Gasteiger partial charge >= 0.3 is 5.69 Å². The molecule has 2 heterocycles. The standard InChI is InChI=1S/C19H12ClFN2O2S/c20-13-6-4-12(5-7-13)15-10-26-17-16(15)18(24)23(19(25)22-17)9-11-2-1-3-14(21)8-11/h1-8,10H,9H2,(H,22,25). The van der Waals surface area contributed by atoms with Crippen LogP contribution in [0.15, 0.2) is 63.5 Å². The van der Waals surface area contributed by atoms with Crippen molar-refractivity contribution >= 4 is 33.2 Å². The Hall–Kier alpha value is -2.70. The van der Waals surface area contributed by atoms with Gasteiger partial charge in [0.25, 0.3) is 5.56 Å². The molecule has 0 aliphatic heterocycles. The van der Waals surface area contributed by atoms with Crippen molar-refractivity contribution in [2.75, 3.05) is 0 Å². The third-order valence-electron chi connectivity index (χ3n) is 4.10. The van der Waals surface area contributed by atoms with Crippen LogP contribution >= 0.6 is 22.9 Å². The third-order valence-corrected chi connectivity index (χ3v) is 5.25. The molecule has 1 N–H and O–H groups in total. The van der Waals surface area contributed by atoms with Crippen LogP contribution in [0.3, 0.4) is 0 Å². The van der Waals surface area contributed by atoms with Gasteiger partial charge in [-0.3, -0.25) is 14.3 Å². The first-order valence-corrected chi connectivity index (χ1v) is 9.03. The summed E-state index contributed by atoms with van der Waals surface area (Å²) in [5, 5.41) is 2.87. The monoisotopic (exact) mass is 386 g/mol. The Morgan fingerprint density at radius 2 is 1.88 bits per heavy atom. The molecule has 0 aliphatic carbocycles. The molecule has 0 atom stereocenters. The zero-order valence-electron chi connectivity index (χ0n) is 13.3. The van der Waals surface area contributed by atoms with Crippen molar-refractivity contribution in [3.63, 3.8) is 0 Å². The number of H-pyrrole nitrogens is 1. The Balaban J connectivity index is 1.89. The number of thiophene rings is 1. The zero-order valence-corrected chi connectivity index (χ0v) is 14.9. The summed E-state index contributed by atoms with van der Waals surface area (Å²) in [6, 6.07) is 13.0. The van der Waals surface area contributed by atoms with Crippen molar-refractivity contribution in [2.24, 2.45) is 0 Å². The van der Waals surface area contributed by atoms with E-state index in [2.05, 4.69) is 4.98 Å². The summed E-state index contributed by atoms with van der Waals surface area (Å²) in [7, 11) is 0. The van der Waals surface area contributed by atoms with E-state index in [0.29, 0.717) is 20.8 Å². The summed E-state index contributed by atoms with van der Waals surface area (Å²) in [5.74, 6) is -0.412. The topological polar surface area (TPSA) is 54.9 Å². The lowest BCUT2D eigenvalue weighted by Gasteiger charge is -2.06. The molecular formula is C19H12ClFN2O2S. The van der Waals surface area contributed by atoms with E-state index >= 15 is 0 Å². The molecule has 0 amide bonds. The fourth-order valence-electron chi connectivity index (χ4n) is 2.86. The van der Waals surface area contributed by atoms with Gasteiger partial charge in [0.15, 0.2) is 0 Å². The molecule has 0 aliphatic rings. The van der Waals surface area contributed by atoms with Crippen LogP contribution in [0.5, 0.6) is 0 Å². The first kappa shape index (κ1) is 16.8. The first-order valence-electron chi connectivity index (χ1n) is 7.77. The van der Waals surface area contributed by atoms with Crippen molar-refractivity contribution in [2.45, 2.75) is 6.54 Å². The van der Waals surface area contributed by atoms with Crippen LogP contribution in [-0.4, -0.2) is 9.55 Å². The number of fused-ring (bicyclic) bond motifs is 1. The van der Waals surface area contributed by atoms with E-state index in [1.54, 1.807) is 24.3 Å². The summed E-state index contributed by atoms with van der Waals surface area (Å²) in [4.78, 5) is 28.6. The quantitative estimate of drug-likeness (QED) is 0.572. The lowest BCUT2D eigenvalue weighted by molar-refractivity contribution is 0.621. The Morgan fingerprint density at radius 1 is 1.12 bits per heavy atom. The van der Waals surface area contributed by atoms with Crippen LogP contribution in [0.2, 0.25) is 5.02 Å². The molecule has 0 saturated heterocycles. The second-order valence-corrected chi connectivity index (χ2v) is 7.13. The molecule has 2 aromatic heterocycles. The van der Waals surface area contributed by atoms with E-state index in [-0.39, 0.29) is 6.54 Å². The molecular weight excluding hydrogens is 375 g/mol. The second kappa shape index (κ2) is 6.55. The van der Waals surface area contributed by atoms with Crippen LogP contribution in [-0.2, 0) is 6.54 Å². The van der Waals surface area contributed by atoms with Gasteiger partial charge in [-0.05, 0) is 35.4 Å². The van der Waals surface area contributed by atoms with Crippen molar-refractivity contribution in [1.82, 2.24) is 9.55 Å². The van der Waals surface area contributed by atoms with Crippen LogP contribution in [0, 0.1) is 5.82 Å². The van der Waals surface area contributed by atoms with Crippen molar-refractivity contribution in [3.8, 4) is 11.1 Å². The van der Waals surface area contributed by atoms with E-state index in [1.165, 1.54) is 23.5 Å². The van der Waals surface area contributed by atoms with Gasteiger partial charge in [-0.2, -0.15) is 0 Å². The zero-order chi connectivity index (χ0) is 18.3. The molecule has 0 saturated carbocycles. The fourth-order valence-corrected chi connectivity index (χ4v) is 3.93. The summed E-state index contributed by atoms with van der Waals surface area (Å²) in [6.45, 7) is -0.00221. The number of hydrogen-bond donors (Lipinski definition) is 1. The highest BCUT2D eigenvalue weighted by atomic mass is 35.5. The largest absolute Gasteiger partial charge is 0.329 e. The average Bonchev–Trinajstić information content (AvgIpc) is 3.03. The lowest BCUT2D eigenvalue weighted by Crippen LogP contribution is -2.35. The van der Waals surface area contributed by atoms with E-state index < -0.39 is 17.1 Å². The predicted octanol–water partition coefficient (Wildman–Crippen LogP) is 4.26. The van der Waals surface area contributed by atoms with Crippen molar-refractivity contribution < 1.29 is 4.39 Å².